The number of benzene rings is 1. The monoisotopic (exact) mass is 379 g/mol. The lowest BCUT2D eigenvalue weighted by Crippen LogP contribution is -2.14. The summed E-state index contributed by atoms with van der Waals surface area (Å²) < 4.78 is 11.2. The molecular weight excluding hydrogens is 346 g/mol. The summed E-state index contributed by atoms with van der Waals surface area (Å²) in [5.41, 5.74) is 6.77. The van der Waals surface area contributed by atoms with Crippen LogP contribution < -0.4 is 10.5 Å². The van der Waals surface area contributed by atoms with E-state index < -0.39 is 0 Å². The first kappa shape index (κ1) is 20.9. The molecule has 2 N–H and O–H groups in total. The van der Waals surface area contributed by atoms with Gasteiger partial charge in [-0.1, -0.05) is 33.1 Å². The van der Waals surface area contributed by atoms with Gasteiger partial charge in [0.05, 0.1) is 19.6 Å². The molecule has 1 aliphatic carbocycles. The van der Waals surface area contributed by atoms with Crippen LogP contribution in [0.25, 0.3) is 0 Å². The van der Waals surface area contributed by atoms with Gasteiger partial charge in [0.25, 0.3) is 0 Å². The number of anilines is 1. The van der Waals surface area contributed by atoms with E-state index in [0.29, 0.717) is 24.7 Å². The average Bonchev–Trinajstić information content (AvgIpc) is 3.46. The predicted octanol–water partition coefficient (Wildman–Crippen LogP) is 5.30. The van der Waals surface area contributed by atoms with Crippen molar-refractivity contribution >= 4 is 23.4 Å². The predicted molar refractivity (Wildman–Crippen MR) is 109 cm³/mol. The maximum Gasteiger partial charge on any atom is 0.306 e. The quantitative estimate of drug-likeness (QED) is 0.286. The number of nitrogen functional groups attached to an aromatic ring is 1. The van der Waals surface area contributed by atoms with Crippen molar-refractivity contribution < 1.29 is 14.3 Å². The minimum atomic E-state index is -0.118. The number of hydrogen-bond donors (Lipinski definition) is 1. The number of carbonyl (C=O) groups excluding carboxylic acids is 1. The zero-order chi connectivity index (χ0) is 18.8. The van der Waals surface area contributed by atoms with E-state index in [4.69, 9.17) is 15.2 Å². The van der Waals surface area contributed by atoms with Gasteiger partial charge in [0, 0.05) is 16.3 Å². The molecule has 4 nitrogen and oxygen atoms in total. The van der Waals surface area contributed by atoms with E-state index in [9.17, 15) is 4.79 Å². The molecule has 0 spiro atoms. The number of nitrogens with two attached hydrogens (primary N) is 1. The summed E-state index contributed by atoms with van der Waals surface area (Å²) in [7, 11) is 0. The Morgan fingerprint density at radius 3 is 2.85 bits per heavy atom. The number of hydrogen-bond acceptors (Lipinski definition) is 5. The third kappa shape index (κ3) is 7.90. The maximum absolute atomic E-state index is 12.0. The summed E-state index contributed by atoms with van der Waals surface area (Å²) in [4.78, 5) is 12.9. The van der Waals surface area contributed by atoms with E-state index in [1.165, 1.54) is 25.7 Å². The number of thioether (sulfide) groups is 1. The van der Waals surface area contributed by atoms with Crippen LogP contribution in [-0.2, 0) is 9.53 Å². The molecule has 5 heteroatoms. The molecular formula is C21H33NO3S. The fourth-order valence-corrected chi connectivity index (χ4v) is 3.58. The molecule has 0 aromatic heterocycles. The first-order chi connectivity index (χ1) is 12.6. The Morgan fingerprint density at radius 1 is 1.35 bits per heavy atom. The minimum Gasteiger partial charge on any atom is -0.493 e. The summed E-state index contributed by atoms with van der Waals surface area (Å²) in [5, 5.41) is 0. The fraction of sp³-hybridized carbons (Fsp3) is 0.667. The van der Waals surface area contributed by atoms with Crippen LogP contribution in [-0.4, -0.2) is 24.9 Å². The number of unbranched alkanes of at least 4 members (excludes halogenated alkanes) is 1. The molecule has 1 aromatic rings. The molecule has 146 valence electrons. The second-order valence-corrected chi connectivity index (χ2v) is 8.29. The van der Waals surface area contributed by atoms with Gasteiger partial charge < -0.3 is 15.2 Å². The lowest BCUT2D eigenvalue weighted by molar-refractivity contribution is -0.144. The van der Waals surface area contributed by atoms with Gasteiger partial charge in [-0.3, -0.25) is 4.79 Å². The van der Waals surface area contributed by atoms with Crippen molar-refractivity contribution in [2.75, 3.05) is 24.7 Å². The fourth-order valence-electron chi connectivity index (χ4n) is 2.65. The van der Waals surface area contributed by atoms with E-state index in [1.807, 2.05) is 18.2 Å². The normalized spacial score (nSPS) is 14.8. The van der Waals surface area contributed by atoms with Gasteiger partial charge in [0.15, 0.2) is 0 Å². The molecule has 1 saturated carbocycles. The van der Waals surface area contributed by atoms with Crippen molar-refractivity contribution in [1.82, 2.24) is 0 Å². The second kappa shape index (κ2) is 11.4. The summed E-state index contributed by atoms with van der Waals surface area (Å²) in [5.74, 6) is 2.62. The number of rotatable bonds is 13. The molecule has 0 amide bonds. The third-order valence-corrected chi connectivity index (χ3v) is 5.83. The van der Waals surface area contributed by atoms with E-state index in [1.54, 1.807) is 11.8 Å². The van der Waals surface area contributed by atoms with Crippen LogP contribution in [0.2, 0.25) is 0 Å². The highest BCUT2D eigenvalue weighted by Crippen LogP contribution is 2.32. The number of esters is 1. The molecule has 0 saturated heterocycles. The Hall–Kier alpha value is -1.36. The highest BCUT2D eigenvalue weighted by molar-refractivity contribution is 7.99. The van der Waals surface area contributed by atoms with Gasteiger partial charge in [0.2, 0.25) is 0 Å². The van der Waals surface area contributed by atoms with Crippen LogP contribution in [0.1, 0.15) is 58.8 Å². The van der Waals surface area contributed by atoms with E-state index >= 15 is 0 Å². The van der Waals surface area contributed by atoms with Crippen LogP contribution in [0, 0.1) is 11.8 Å². The van der Waals surface area contributed by atoms with Gasteiger partial charge >= 0.3 is 5.97 Å². The van der Waals surface area contributed by atoms with Crippen molar-refractivity contribution in [3.63, 3.8) is 0 Å². The van der Waals surface area contributed by atoms with Crippen molar-refractivity contribution in [2.45, 2.75) is 63.7 Å². The highest BCUT2D eigenvalue weighted by atomic mass is 32.2. The summed E-state index contributed by atoms with van der Waals surface area (Å²) >= 11 is 1.59. The molecule has 1 unspecified atom stereocenters. The minimum absolute atomic E-state index is 0.118. The van der Waals surface area contributed by atoms with Crippen molar-refractivity contribution in [2.24, 2.45) is 11.8 Å². The average molecular weight is 380 g/mol. The van der Waals surface area contributed by atoms with Gasteiger partial charge in [-0.25, -0.2) is 0 Å². The molecule has 0 bridgehead atoms. The zero-order valence-electron chi connectivity index (χ0n) is 16.2. The highest BCUT2D eigenvalue weighted by Gasteiger charge is 2.22. The van der Waals surface area contributed by atoms with Crippen LogP contribution in [0.15, 0.2) is 23.1 Å². The lowest BCUT2D eigenvalue weighted by atomic mass is 10.0. The molecule has 1 fully saturated rings. The molecule has 1 aliphatic rings. The van der Waals surface area contributed by atoms with Crippen LogP contribution in [0.4, 0.5) is 5.69 Å². The standard InChI is InChI=1S/C21H33NO3S/c1-3-5-6-16(4-2)14-25-21(23)11-12-26-20-13-18(9-10-19(20)22)24-15-17-7-8-17/h9-10,13,16-17H,3-8,11-12,14-15,22H2,1-2H3. The van der Waals surface area contributed by atoms with Crippen molar-refractivity contribution in [3.8, 4) is 5.75 Å². The van der Waals surface area contributed by atoms with Gasteiger partial charge in [-0.2, -0.15) is 0 Å². The molecule has 1 atom stereocenters. The largest absolute Gasteiger partial charge is 0.493 e. The first-order valence-electron chi connectivity index (χ1n) is 9.93. The maximum atomic E-state index is 12.0. The Kier molecular flexibility index (Phi) is 9.16. The zero-order valence-corrected chi connectivity index (χ0v) is 17.0. The number of ether oxygens (including phenoxy) is 2. The van der Waals surface area contributed by atoms with Gasteiger partial charge in [-0.15, -0.1) is 11.8 Å². The molecule has 26 heavy (non-hydrogen) atoms. The Labute approximate surface area is 162 Å². The van der Waals surface area contributed by atoms with Crippen molar-refractivity contribution in [1.29, 1.82) is 0 Å². The van der Waals surface area contributed by atoms with Gasteiger partial charge in [0.1, 0.15) is 5.75 Å². The Morgan fingerprint density at radius 2 is 2.15 bits per heavy atom. The van der Waals surface area contributed by atoms with Crippen molar-refractivity contribution in [3.05, 3.63) is 18.2 Å². The SMILES string of the molecule is CCCCC(CC)COC(=O)CCSc1cc(OCC2CC2)ccc1N. The lowest BCUT2D eigenvalue weighted by Gasteiger charge is -2.14. The van der Waals surface area contributed by atoms with E-state index in [-0.39, 0.29) is 5.97 Å². The Balaban J connectivity index is 1.68. The molecule has 0 aliphatic heterocycles. The molecule has 1 aromatic carbocycles. The summed E-state index contributed by atoms with van der Waals surface area (Å²) in [6.07, 6.45) is 7.54. The van der Waals surface area contributed by atoms with Gasteiger partial charge in [-0.05, 0) is 49.3 Å². The Bertz CT molecular complexity index is 560. The van der Waals surface area contributed by atoms with Crippen LogP contribution in [0.5, 0.6) is 5.75 Å². The summed E-state index contributed by atoms with van der Waals surface area (Å²) in [6.45, 7) is 5.68. The second-order valence-electron chi connectivity index (χ2n) is 7.15. The van der Waals surface area contributed by atoms with Crippen LogP contribution >= 0.6 is 11.8 Å². The third-order valence-electron chi connectivity index (χ3n) is 4.75. The molecule has 0 radical (unpaired) electrons. The van der Waals surface area contributed by atoms with E-state index in [0.717, 1.165) is 41.7 Å². The smallest absolute Gasteiger partial charge is 0.306 e. The molecule has 2 rings (SSSR count). The van der Waals surface area contributed by atoms with E-state index in [2.05, 4.69) is 13.8 Å². The summed E-state index contributed by atoms with van der Waals surface area (Å²) in [6, 6.07) is 5.77. The first-order valence-corrected chi connectivity index (χ1v) is 10.9. The topological polar surface area (TPSA) is 61.5 Å². The number of carbonyl (C=O) groups is 1. The molecule has 0 heterocycles. The van der Waals surface area contributed by atoms with Crippen LogP contribution in [0.3, 0.4) is 0 Å².